The molecule has 1 heterocycles. The topological polar surface area (TPSA) is 114 Å². The number of hydrogen-bond acceptors (Lipinski definition) is 9. The molecule has 0 bridgehead atoms. The summed E-state index contributed by atoms with van der Waals surface area (Å²) >= 11 is 0. The van der Waals surface area contributed by atoms with Crippen LogP contribution in [0.5, 0.6) is 0 Å². The van der Waals surface area contributed by atoms with Crippen molar-refractivity contribution in [2.75, 3.05) is 20.5 Å². The molecule has 5 atom stereocenters. The van der Waals surface area contributed by atoms with Gasteiger partial charge >= 0.3 is 11.9 Å². The number of methoxy groups -OCH3 is 2. The average molecular weight is 581 g/mol. The highest BCUT2D eigenvalue weighted by Crippen LogP contribution is 2.33. The number of hydrogen-bond donors (Lipinski definition) is 0. The lowest BCUT2D eigenvalue weighted by Crippen LogP contribution is -2.46. The molecule has 1 saturated heterocycles. The lowest BCUT2D eigenvalue weighted by Gasteiger charge is -2.39. The molecule has 224 valence electrons. The first-order chi connectivity index (χ1) is 19.2. The number of ether oxygens (including phenoxy) is 4. The molecule has 0 saturated carbocycles. The highest BCUT2D eigenvalue weighted by molar-refractivity contribution is 7.86. The largest absolute Gasteiger partial charge is 0.469 e. The van der Waals surface area contributed by atoms with E-state index in [0.29, 0.717) is 37.7 Å². The van der Waals surface area contributed by atoms with Crippen molar-refractivity contribution in [3.63, 3.8) is 0 Å². The van der Waals surface area contributed by atoms with Gasteiger partial charge in [0.25, 0.3) is 10.1 Å². The first-order valence-electron chi connectivity index (χ1n) is 13.9. The molecule has 0 aromatic heterocycles. The van der Waals surface area contributed by atoms with Crippen LogP contribution in [0.1, 0.15) is 75.1 Å². The second-order valence-corrected chi connectivity index (χ2v) is 11.5. The Bertz CT molecular complexity index is 1050. The molecule has 0 radical (unpaired) electrons. The van der Waals surface area contributed by atoms with Crippen molar-refractivity contribution in [1.29, 1.82) is 0 Å². The van der Waals surface area contributed by atoms with Gasteiger partial charge in [-0.3, -0.25) is 8.98 Å². The minimum Gasteiger partial charge on any atom is -0.469 e. The maximum atomic E-state index is 12.8. The van der Waals surface area contributed by atoms with Crippen LogP contribution in [-0.2, 0) is 38.0 Å². The van der Waals surface area contributed by atoms with Crippen molar-refractivity contribution in [2.45, 2.75) is 89.3 Å². The molecule has 1 aromatic rings. The maximum absolute atomic E-state index is 12.8. The maximum Gasteiger partial charge on any atom is 0.338 e. The predicted molar refractivity (Wildman–Crippen MR) is 152 cm³/mol. The standard InChI is InChI=1S/C30H44O9S/c1-5-6-10-17-24(37-30(32)23-15-11-9-12-16-23)20-21-26-25(18-13-7-8-14-19-28(31)35-2)27(39-40(4,33)34)22-29(36-3)38-26/h7,9,11-13,15-16,20-21,24-27,29H,5-6,8,10,14,17-19,22H2,1-4H3/b13-7-,21-20+/t24-,25+,26+,27+,29-/m0/s1. The highest BCUT2D eigenvalue weighted by atomic mass is 32.2. The zero-order valence-electron chi connectivity index (χ0n) is 24.0. The Morgan fingerprint density at radius 1 is 1.10 bits per heavy atom. The quantitative estimate of drug-likeness (QED) is 0.104. The van der Waals surface area contributed by atoms with Crippen LogP contribution in [0.15, 0.2) is 54.6 Å². The summed E-state index contributed by atoms with van der Waals surface area (Å²) in [5.74, 6) is -1.00. The van der Waals surface area contributed by atoms with Crippen LogP contribution in [0, 0.1) is 5.92 Å². The average Bonchev–Trinajstić information content (AvgIpc) is 2.93. The summed E-state index contributed by atoms with van der Waals surface area (Å²) in [4.78, 5) is 24.1. The van der Waals surface area contributed by atoms with Crippen LogP contribution in [0.2, 0.25) is 0 Å². The molecule has 1 aliphatic rings. The fourth-order valence-electron chi connectivity index (χ4n) is 4.51. The molecule has 0 N–H and O–H groups in total. The first kappa shape index (κ1) is 33.7. The molecule has 9 nitrogen and oxygen atoms in total. The second-order valence-electron chi connectivity index (χ2n) is 9.87. The van der Waals surface area contributed by atoms with Gasteiger partial charge in [-0.05, 0) is 50.3 Å². The van der Waals surface area contributed by atoms with Crippen molar-refractivity contribution >= 4 is 22.1 Å². The Labute approximate surface area is 239 Å². The summed E-state index contributed by atoms with van der Waals surface area (Å²) < 4.78 is 51.7. The molecule has 10 heteroatoms. The number of esters is 2. The monoisotopic (exact) mass is 580 g/mol. The molecule has 0 unspecified atom stereocenters. The van der Waals surface area contributed by atoms with Gasteiger partial charge in [0.05, 0.1) is 31.1 Å². The third-order valence-electron chi connectivity index (χ3n) is 6.62. The van der Waals surface area contributed by atoms with Gasteiger partial charge in [0.1, 0.15) is 6.10 Å². The van der Waals surface area contributed by atoms with E-state index in [-0.39, 0.29) is 18.3 Å². The van der Waals surface area contributed by atoms with E-state index >= 15 is 0 Å². The van der Waals surface area contributed by atoms with E-state index in [0.717, 1.165) is 25.5 Å². The van der Waals surface area contributed by atoms with Crippen LogP contribution in [-0.4, -0.2) is 65.4 Å². The van der Waals surface area contributed by atoms with E-state index in [2.05, 4.69) is 11.7 Å². The third kappa shape index (κ3) is 12.8. The molecule has 2 rings (SSSR count). The predicted octanol–water partition coefficient (Wildman–Crippen LogP) is 5.36. The zero-order valence-corrected chi connectivity index (χ0v) is 24.8. The van der Waals surface area contributed by atoms with E-state index in [1.165, 1.54) is 14.2 Å². The molecular formula is C30H44O9S. The van der Waals surface area contributed by atoms with Crippen molar-refractivity contribution in [2.24, 2.45) is 5.92 Å². The number of benzene rings is 1. The van der Waals surface area contributed by atoms with Gasteiger partial charge in [0.15, 0.2) is 6.29 Å². The van der Waals surface area contributed by atoms with E-state index in [4.69, 9.17) is 18.4 Å². The van der Waals surface area contributed by atoms with Gasteiger partial charge in [-0.15, -0.1) is 0 Å². The summed E-state index contributed by atoms with van der Waals surface area (Å²) in [7, 11) is -0.874. The summed E-state index contributed by atoms with van der Waals surface area (Å²) in [6.07, 6.45) is 12.2. The molecule has 0 amide bonds. The SMILES string of the molecule is CCCCC[C@@H](/C=C/[C@H]1O[C@H](OC)C[C@@H](OS(C)(=O)=O)[C@@H]1C/C=C\CCCC(=O)OC)OC(=O)c1ccccc1. The van der Waals surface area contributed by atoms with Crippen molar-refractivity contribution < 1.29 is 41.1 Å². The van der Waals surface area contributed by atoms with E-state index in [1.54, 1.807) is 24.3 Å². The smallest absolute Gasteiger partial charge is 0.338 e. The van der Waals surface area contributed by atoms with E-state index in [1.807, 2.05) is 30.4 Å². The molecule has 1 aliphatic heterocycles. The Morgan fingerprint density at radius 3 is 2.50 bits per heavy atom. The number of carbonyl (C=O) groups is 2. The minimum absolute atomic E-state index is 0.248. The number of rotatable bonds is 17. The van der Waals surface area contributed by atoms with Crippen LogP contribution < -0.4 is 0 Å². The Balaban J connectivity index is 2.22. The zero-order chi connectivity index (χ0) is 29.4. The first-order valence-corrected chi connectivity index (χ1v) is 15.7. The van der Waals surface area contributed by atoms with Crippen molar-refractivity contribution in [3.05, 3.63) is 60.2 Å². The van der Waals surface area contributed by atoms with Crippen LogP contribution in [0.25, 0.3) is 0 Å². The van der Waals surface area contributed by atoms with Crippen molar-refractivity contribution in [1.82, 2.24) is 0 Å². The van der Waals surface area contributed by atoms with Crippen molar-refractivity contribution in [3.8, 4) is 0 Å². The summed E-state index contributed by atoms with van der Waals surface area (Å²) in [6, 6.07) is 8.83. The molecule has 40 heavy (non-hydrogen) atoms. The van der Waals surface area contributed by atoms with E-state index < -0.39 is 40.7 Å². The number of unbranched alkanes of at least 4 members (excludes halogenated alkanes) is 3. The number of allylic oxidation sites excluding steroid dienone is 2. The van der Waals surface area contributed by atoms with Gasteiger partial charge in [-0.2, -0.15) is 8.42 Å². The lowest BCUT2D eigenvalue weighted by molar-refractivity contribution is -0.208. The normalized spacial score (nSPS) is 22.4. The third-order valence-corrected chi connectivity index (χ3v) is 7.22. The fourth-order valence-corrected chi connectivity index (χ4v) is 5.18. The minimum atomic E-state index is -3.74. The molecular weight excluding hydrogens is 536 g/mol. The lowest BCUT2D eigenvalue weighted by atomic mass is 9.87. The number of carbonyl (C=O) groups excluding carboxylic acids is 2. The van der Waals surface area contributed by atoms with Crippen LogP contribution >= 0.6 is 0 Å². The van der Waals surface area contributed by atoms with Gasteiger partial charge in [-0.25, -0.2) is 4.79 Å². The van der Waals surface area contributed by atoms with E-state index in [9.17, 15) is 18.0 Å². The fraction of sp³-hybridized carbons (Fsp3) is 0.600. The molecule has 1 aromatic carbocycles. The van der Waals surface area contributed by atoms with Gasteiger partial charge in [0, 0.05) is 25.9 Å². The molecule has 1 fully saturated rings. The summed E-state index contributed by atoms with van der Waals surface area (Å²) in [5.41, 5.74) is 0.474. The summed E-state index contributed by atoms with van der Waals surface area (Å²) in [5, 5.41) is 0. The Morgan fingerprint density at radius 2 is 1.85 bits per heavy atom. The summed E-state index contributed by atoms with van der Waals surface area (Å²) in [6.45, 7) is 2.11. The van der Waals surface area contributed by atoms with Gasteiger partial charge in [0.2, 0.25) is 0 Å². The highest BCUT2D eigenvalue weighted by Gasteiger charge is 2.39. The Hall–Kier alpha value is -2.53. The van der Waals surface area contributed by atoms with Gasteiger partial charge < -0.3 is 18.9 Å². The molecule has 0 aliphatic carbocycles. The van der Waals surface area contributed by atoms with Gasteiger partial charge in [-0.1, -0.05) is 56.2 Å². The Kier molecular flexibility index (Phi) is 15.2. The van der Waals surface area contributed by atoms with Crippen LogP contribution in [0.4, 0.5) is 0 Å². The second kappa shape index (κ2) is 18.0. The van der Waals surface area contributed by atoms with Crippen LogP contribution in [0.3, 0.4) is 0 Å². The molecule has 0 spiro atoms.